The maximum atomic E-state index is 4.19. The highest BCUT2D eigenvalue weighted by Crippen LogP contribution is 2.23. The lowest BCUT2D eigenvalue weighted by atomic mass is 9.88. The first-order chi connectivity index (χ1) is 5.45. The Balaban J connectivity index is 1.99. The second-order valence-electron chi connectivity index (χ2n) is 3.74. The number of hydrazone groups is 1. The minimum absolute atomic E-state index is 0.685. The third-order valence-corrected chi connectivity index (χ3v) is 2.76. The molecule has 2 nitrogen and oxygen atoms in total. The van der Waals surface area contributed by atoms with Crippen LogP contribution in [0.25, 0.3) is 0 Å². The fraction of sp³-hybridized carbons (Fsp3) is 0.889. The van der Waals surface area contributed by atoms with E-state index in [1.807, 2.05) is 0 Å². The van der Waals surface area contributed by atoms with Crippen LogP contribution in [0.5, 0.6) is 0 Å². The van der Waals surface area contributed by atoms with E-state index in [-0.39, 0.29) is 0 Å². The fourth-order valence-electron chi connectivity index (χ4n) is 2.08. The van der Waals surface area contributed by atoms with Crippen LogP contribution in [0.1, 0.15) is 38.5 Å². The third kappa shape index (κ3) is 1.73. The normalized spacial score (nSPS) is 37.1. The Morgan fingerprint density at radius 2 is 2.09 bits per heavy atom. The number of rotatable bonds is 0. The molecule has 2 bridgehead atoms. The van der Waals surface area contributed by atoms with Gasteiger partial charge in [0, 0.05) is 12.3 Å². The van der Waals surface area contributed by atoms with Crippen molar-refractivity contribution in [1.82, 2.24) is 5.43 Å². The Kier molecular flexibility index (Phi) is 2.11. The van der Waals surface area contributed by atoms with E-state index in [1.54, 1.807) is 0 Å². The van der Waals surface area contributed by atoms with Gasteiger partial charge < -0.3 is 5.43 Å². The predicted molar refractivity (Wildman–Crippen MR) is 46.6 cm³/mol. The van der Waals surface area contributed by atoms with Crippen molar-refractivity contribution >= 4 is 6.21 Å². The fourth-order valence-corrected chi connectivity index (χ4v) is 2.08. The van der Waals surface area contributed by atoms with Gasteiger partial charge in [-0.1, -0.05) is 19.3 Å². The first-order valence-corrected chi connectivity index (χ1v) is 4.74. The molecule has 0 amide bonds. The summed E-state index contributed by atoms with van der Waals surface area (Å²) in [6.45, 7) is 0. The molecule has 0 aromatic carbocycles. The highest BCUT2D eigenvalue weighted by molar-refractivity contribution is 5.61. The van der Waals surface area contributed by atoms with Crippen molar-refractivity contribution < 1.29 is 0 Å². The molecular formula is C9H16N2. The van der Waals surface area contributed by atoms with Gasteiger partial charge in [-0.05, 0) is 25.2 Å². The molecule has 0 aromatic heterocycles. The van der Waals surface area contributed by atoms with Gasteiger partial charge in [-0.15, -0.1) is 0 Å². The molecule has 0 radical (unpaired) electrons. The Bertz CT molecular complexity index is 154. The van der Waals surface area contributed by atoms with Crippen molar-refractivity contribution in [2.45, 2.75) is 44.6 Å². The topological polar surface area (TPSA) is 24.4 Å². The molecule has 2 rings (SSSR count). The third-order valence-electron chi connectivity index (χ3n) is 2.76. The van der Waals surface area contributed by atoms with Gasteiger partial charge >= 0.3 is 0 Å². The van der Waals surface area contributed by atoms with Gasteiger partial charge in [0.15, 0.2) is 0 Å². The lowest BCUT2D eigenvalue weighted by Crippen LogP contribution is -2.33. The lowest BCUT2D eigenvalue weighted by Gasteiger charge is -2.27. The Hall–Kier alpha value is -0.530. The van der Waals surface area contributed by atoms with Crippen molar-refractivity contribution in [1.29, 1.82) is 0 Å². The maximum Gasteiger partial charge on any atom is 0.0446 e. The van der Waals surface area contributed by atoms with Crippen LogP contribution < -0.4 is 5.43 Å². The molecule has 11 heavy (non-hydrogen) atoms. The van der Waals surface area contributed by atoms with E-state index in [0.717, 1.165) is 5.92 Å². The summed E-state index contributed by atoms with van der Waals surface area (Å²) in [5.74, 6) is 0.779. The van der Waals surface area contributed by atoms with Crippen LogP contribution in [0.4, 0.5) is 0 Å². The minimum Gasteiger partial charge on any atom is -0.307 e. The molecule has 62 valence electrons. The number of hydrogen-bond acceptors (Lipinski definition) is 2. The van der Waals surface area contributed by atoms with Gasteiger partial charge in [-0.25, -0.2) is 0 Å². The maximum absolute atomic E-state index is 4.19. The smallest absolute Gasteiger partial charge is 0.0446 e. The van der Waals surface area contributed by atoms with E-state index in [0.29, 0.717) is 6.04 Å². The van der Waals surface area contributed by atoms with Crippen molar-refractivity contribution in [3.8, 4) is 0 Å². The van der Waals surface area contributed by atoms with Gasteiger partial charge in [0.2, 0.25) is 0 Å². The molecule has 1 fully saturated rings. The SMILES string of the molecule is C1=NNC2CCCCCC1C2. The summed E-state index contributed by atoms with van der Waals surface area (Å²) >= 11 is 0. The quantitative estimate of drug-likeness (QED) is 0.563. The molecule has 2 aliphatic rings. The van der Waals surface area contributed by atoms with Crippen molar-refractivity contribution in [3.05, 3.63) is 0 Å². The van der Waals surface area contributed by atoms with E-state index in [2.05, 4.69) is 16.7 Å². The molecule has 0 spiro atoms. The molecule has 2 atom stereocenters. The number of nitrogens with one attached hydrogen (secondary N) is 1. The molecule has 2 unspecified atom stereocenters. The summed E-state index contributed by atoms with van der Waals surface area (Å²) in [5.41, 5.74) is 3.19. The molecule has 1 aliphatic carbocycles. The van der Waals surface area contributed by atoms with E-state index in [1.165, 1.54) is 38.5 Å². The minimum atomic E-state index is 0.685. The zero-order valence-electron chi connectivity index (χ0n) is 6.92. The molecule has 1 N–H and O–H groups in total. The summed E-state index contributed by atoms with van der Waals surface area (Å²) < 4.78 is 0. The first-order valence-electron chi connectivity index (χ1n) is 4.74. The summed E-state index contributed by atoms with van der Waals surface area (Å²) in [7, 11) is 0. The van der Waals surface area contributed by atoms with Crippen LogP contribution in [0.2, 0.25) is 0 Å². The van der Waals surface area contributed by atoms with E-state index < -0.39 is 0 Å². The highest BCUT2D eigenvalue weighted by Gasteiger charge is 2.19. The summed E-state index contributed by atoms with van der Waals surface area (Å²) in [6.07, 6.45) is 10.3. The molecule has 1 aliphatic heterocycles. The average Bonchev–Trinajstić information content (AvgIpc) is 2.02. The van der Waals surface area contributed by atoms with Crippen LogP contribution in [0, 0.1) is 5.92 Å². The van der Waals surface area contributed by atoms with Crippen molar-refractivity contribution in [2.75, 3.05) is 0 Å². The zero-order valence-corrected chi connectivity index (χ0v) is 6.92. The molecule has 2 heteroatoms. The van der Waals surface area contributed by atoms with Crippen LogP contribution in [0.3, 0.4) is 0 Å². The van der Waals surface area contributed by atoms with Crippen LogP contribution in [-0.2, 0) is 0 Å². The monoisotopic (exact) mass is 152 g/mol. The van der Waals surface area contributed by atoms with Gasteiger partial charge in [-0.2, -0.15) is 5.10 Å². The van der Waals surface area contributed by atoms with E-state index in [4.69, 9.17) is 0 Å². The second-order valence-corrected chi connectivity index (χ2v) is 3.74. The molecular weight excluding hydrogens is 136 g/mol. The predicted octanol–water partition coefficient (Wildman–Crippen LogP) is 1.91. The number of fused-ring (bicyclic) bond motifs is 2. The second kappa shape index (κ2) is 3.24. The Labute approximate surface area is 68.1 Å². The van der Waals surface area contributed by atoms with E-state index in [9.17, 15) is 0 Å². The standard InChI is InChI=1S/C9H16N2/c1-2-4-8-6-9(5-3-1)11-10-7-8/h7-9,11H,1-6H2. The molecule has 0 aromatic rings. The van der Waals surface area contributed by atoms with Crippen LogP contribution in [-0.4, -0.2) is 12.3 Å². The largest absolute Gasteiger partial charge is 0.307 e. The first kappa shape index (κ1) is 7.14. The van der Waals surface area contributed by atoms with Crippen molar-refractivity contribution in [3.63, 3.8) is 0 Å². The van der Waals surface area contributed by atoms with Gasteiger partial charge in [0.25, 0.3) is 0 Å². The summed E-state index contributed by atoms with van der Waals surface area (Å²) in [6, 6.07) is 0.685. The summed E-state index contributed by atoms with van der Waals surface area (Å²) in [4.78, 5) is 0. The Morgan fingerprint density at radius 3 is 3.09 bits per heavy atom. The Morgan fingerprint density at radius 1 is 1.18 bits per heavy atom. The van der Waals surface area contributed by atoms with Crippen LogP contribution in [0.15, 0.2) is 5.10 Å². The number of nitrogens with zero attached hydrogens (tertiary/aromatic N) is 1. The van der Waals surface area contributed by atoms with Gasteiger partial charge in [0.1, 0.15) is 0 Å². The molecule has 0 saturated heterocycles. The highest BCUT2D eigenvalue weighted by atomic mass is 15.3. The summed E-state index contributed by atoms with van der Waals surface area (Å²) in [5, 5.41) is 4.19. The van der Waals surface area contributed by atoms with Gasteiger partial charge in [0.05, 0.1) is 0 Å². The van der Waals surface area contributed by atoms with E-state index >= 15 is 0 Å². The number of hydrogen-bond donors (Lipinski definition) is 1. The average molecular weight is 152 g/mol. The van der Waals surface area contributed by atoms with Gasteiger partial charge in [-0.3, -0.25) is 0 Å². The molecule has 1 heterocycles. The molecule has 1 saturated carbocycles. The van der Waals surface area contributed by atoms with Crippen molar-refractivity contribution in [2.24, 2.45) is 11.0 Å². The lowest BCUT2D eigenvalue weighted by molar-refractivity contribution is 0.348. The van der Waals surface area contributed by atoms with Crippen LogP contribution >= 0.6 is 0 Å². The zero-order chi connectivity index (χ0) is 7.52.